The van der Waals surface area contributed by atoms with Crippen molar-refractivity contribution in [1.82, 2.24) is 0 Å². The molecule has 2 heteroatoms. The Morgan fingerprint density at radius 1 is 0.720 bits per heavy atom. The first-order chi connectivity index (χ1) is 12.3. The molecule has 2 nitrogen and oxygen atoms in total. The number of ether oxygens (including phenoxy) is 1. The Hall–Kier alpha value is -3.13. The Labute approximate surface area is 146 Å². The van der Waals surface area contributed by atoms with Gasteiger partial charge in [0.05, 0.1) is 12.2 Å². The zero-order valence-electron chi connectivity index (χ0n) is 14.0. The van der Waals surface area contributed by atoms with Crippen LogP contribution >= 0.6 is 0 Å². The van der Waals surface area contributed by atoms with Gasteiger partial charge in [-0.15, -0.1) is 0 Å². The third-order valence-electron chi connectivity index (χ3n) is 4.47. The summed E-state index contributed by atoms with van der Waals surface area (Å²) >= 11 is 0. The van der Waals surface area contributed by atoms with Crippen molar-refractivity contribution < 1.29 is 9.53 Å². The minimum Gasteiger partial charge on any atom is -0.462 e. The maximum absolute atomic E-state index is 12.9. The quantitative estimate of drug-likeness (QED) is 0.349. The van der Waals surface area contributed by atoms with E-state index < -0.39 is 0 Å². The molecule has 122 valence electrons. The molecule has 0 aliphatic heterocycles. The highest BCUT2D eigenvalue weighted by Crippen LogP contribution is 2.39. The lowest BCUT2D eigenvalue weighted by Crippen LogP contribution is -2.08. The Kier molecular flexibility index (Phi) is 3.95. The number of benzene rings is 4. The van der Waals surface area contributed by atoms with Gasteiger partial charge >= 0.3 is 5.97 Å². The smallest absolute Gasteiger partial charge is 0.339 e. The molecule has 0 saturated heterocycles. The van der Waals surface area contributed by atoms with Crippen LogP contribution < -0.4 is 0 Å². The fourth-order valence-corrected chi connectivity index (χ4v) is 3.46. The van der Waals surface area contributed by atoms with E-state index in [2.05, 4.69) is 18.2 Å². The van der Waals surface area contributed by atoms with Crippen molar-refractivity contribution in [2.45, 2.75) is 6.92 Å². The molecule has 0 aromatic heterocycles. The monoisotopic (exact) mass is 326 g/mol. The Morgan fingerprint density at radius 2 is 1.24 bits per heavy atom. The van der Waals surface area contributed by atoms with Crippen LogP contribution in [-0.2, 0) is 4.74 Å². The number of esters is 1. The van der Waals surface area contributed by atoms with E-state index in [1.54, 1.807) is 0 Å². The number of hydrogen-bond donors (Lipinski definition) is 0. The zero-order chi connectivity index (χ0) is 17.2. The van der Waals surface area contributed by atoms with E-state index in [4.69, 9.17) is 4.74 Å². The van der Waals surface area contributed by atoms with Crippen molar-refractivity contribution >= 4 is 27.5 Å². The largest absolute Gasteiger partial charge is 0.462 e. The lowest BCUT2D eigenvalue weighted by atomic mass is 9.88. The van der Waals surface area contributed by atoms with Crippen LogP contribution in [-0.4, -0.2) is 12.6 Å². The normalized spacial score (nSPS) is 10.9. The summed E-state index contributed by atoms with van der Waals surface area (Å²) < 4.78 is 5.41. The first kappa shape index (κ1) is 15.4. The molecule has 0 radical (unpaired) electrons. The first-order valence-corrected chi connectivity index (χ1v) is 8.47. The fourth-order valence-electron chi connectivity index (χ4n) is 3.46. The molecule has 0 heterocycles. The van der Waals surface area contributed by atoms with Crippen LogP contribution in [0.3, 0.4) is 0 Å². The number of hydrogen-bond acceptors (Lipinski definition) is 2. The van der Waals surface area contributed by atoms with Gasteiger partial charge in [-0.1, -0.05) is 78.9 Å². The van der Waals surface area contributed by atoms with Crippen molar-refractivity contribution in [3.05, 3.63) is 84.4 Å². The molecular formula is C23H18O2. The molecule has 4 aromatic rings. The van der Waals surface area contributed by atoms with Crippen molar-refractivity contribution in [3.8, 4) is 11.1 Å². The van der Waals surface area contributed by atoms with Crippen LogP contribution in [0.2, 0.25) is 0 Å². The van der Waals surface area contributed by atoms with Crippen molar-refractivity contribution in [3.63, 3.8) is 0 Å². The fraction of sp³-hybridized carbons (Fsp3) is 0.0870. The number of carbonyl (C=O) groups excluding carboxylic acids is 1. The van der Waals surface area contributed by atoms with Gasteiger partial charge in [-0.3, -0.25) is 0 Å². The molecule has 4 aromatic carbocycles. The van der Waals surface area contributed by atoms with Crippen LogP contribution in [0, 0.1) is 0 Å². The highest BCUT2D eigenvalue weighted by Gasteiger charge is 2.21. The predicted molar refractivity (Wildman–Crippen MR) is 103 cm³/mol. The predicted octanol–water partition coefficient (Wildman–Crippen LogP) is 5.84. The van der Waals surface area contributed by atoms with Gasteiger partial charge in [-0.05, 0) is 34.0 Å². The van der Waals surface area contributed by atoms with Crippen molar-refractivity contribution in [2.24, 2.45) is 0 Å². The summed E-state index contributed by atoms with van der Waals surface area (Å²) in [6.45, 7) is 2.19. The summed E-state index contributed by atoms with van der Waals surface area (Å²) in [5, 5.41) is 4.21. The third-order valence-corrected chi connectivity index (χ3v) is 4.47. The van der Waals surface area contributed by atoms with Crippen LogP contribution in [0.1, 0.15) is 17.3 Å². The highest BCUT2D eigenvalue weighted by atomic mass is 16.5. The second-order valence-corrected chi connectivity index (χ2v) is 5.93. The Morgan fingerprint density at radius 3 is 1.88 bits per heavy atom. The number of rotatable bonds is 3. The maximum atomic E-state index is 12.9. The maximum Gasteiger partial charge on any atom is 0.339 e. The van der Waals surface area contributed by atoms with Crippen LogP contribution in [0.5, 0.6) is 0 Å². The van der Waals surface area contributed by atoms with Gasteiger partial charge in [0.15, 0.2) is 0 Å². The average Bonchev–Trinajstić information content (AvgIpc) is 2.67. The molecule has 0 spiro atoms. The molecule has 25 heavy (non-hydrogen) atoms. The molecule has 0 atom stereocenters. The van der Waals surface area contributed by atoms with E-state index in [9.17, 15) is 4.79 Å². The molecule has 0 bridgehead atoms. The lowest BCUT2D eigenvalue weighted by molar-refractivity contribution is 0.0529. The minimum absolute atomic E-state index is 0.275. The molecule has 4 rings (SSSR count). The van der Waals surface area contributed by atoms with Crippen LogP contribution in [0.25, 0.3) is 32.7 Å². The second-order valence-electron chi connectivity index (χ2n) is 5.93. The summed E-state index contributed by atoms with van der Waals surface area (Å²) in [5.41, 5.74) is 2.60. The molecule has 0 saturated carbocycles. The summed E-state index contributed by atoms with van der Waals surface area (Å²) in [7, 11) is 0. The topological polar surface area (TPSA) is 26.3 Å². The first-order valence-electron chi connectivity index (χ1n) is 8.47. The van der Waals surface area contributed by atoms with E-state index in [0.717, 1.165) is 32.7 Å². The van der Waals surface area contributed by atoms with E-state index in [1.165, 1.54) is 0 Å². The minimum atomic E-state index is -0.275. The molecule has 0 fully saturated rings. The van der Waals surface area contributed by atoms with E-state index >= 15 is 0 Å². The van der Waals surface area contributed by atoms with Gasteiger partial charge in [-0.25, -0.2) is 4.79 Å². The van der Waals surface area contributed by atoms with Crippen LogP contribution in [0.4, 0.5) is 0 Å². The second kappa shape index (κ2) is 6.40. The van der Waals surface area contributed by atoms with Crippen LogP contribution in [0.15, 0.2) is 78.9 Å². The standard InChI is InChI=1S/C23H18O2/c1-2-25-23(24)22-20-15-9-7-13-18(20)17-12-6-8-14-19(17)21(22)16-10-4-3-5-11-16/h3-15H,2H2,1H3. The van der Waals surface area contributed by atoms with Gasteiger partial charge in [0, 0.05) is 5.56 Å². The Bertz CT molecular complexity index is 1070. The molecule has 0 amide bonds. The van der Waals surface area contributed by atoms with Gasteiger partial charge in [0.2, 0.25) is 0 Å². The molecule has 0 unspecified atom stereocenters. The summed E-state index contributed by atoms with van der Waals surface area (Å²) in [6, 6.07) is 26.3. The average molecular weight is 326 g/mol. The molecule has 0 aliphatic rings. The summed E-state index contributed by atoms with van der Waals surface area (Å²) in [6.07, 6.45) is 0. The van der Waals surface area contributed by atoms with Gasteiger partial charge in [-0.2, -0.15) is 0 Å². The van der Waals surface area contributed by atoms with Crippen molar-refractivity contribution in [2.75, 3.05) is 6.61 Å². The lowest BCUT2D eigenvalue weighted by Gasteiger charge is -2.17. The number of fused-ring (bicyclic) bond motifs is 3. The Balaban J connectivity index is 2.22. The van der Waals surface area contributed by atoms with E-state index in [1.807, 2.05) is 67.6 Å². The van der Waals surface area contributed by atoms with Crippen molar-refractivity contribution in [1.29, 1.82) is 0 Å². The number of carbonyl (C=O) groups is 1. The van der Waals surface area contributed by atoms with Gasteiger partial charge in [0.1, 0.15) is 0 Å². The van der Waals surface area contributed by atoms with Gasteiger partial charge < -0.3 is 4.74 Å². The summed E-state index contributed by atoms with van der Waals surface area (Å²) in [5.74, 6) is -0.275. The molecular weight excluding hydrogens is 308 g/mol. The van der Waals surface area contributed by atoms with E-state index in [0.29, 0.717) is 12.2 Å². The highest BCUT2D eigenvalue weighted by molar-refractivity contribution is 6.23. The zero-order valence-corrected chi connectivity index (χ0v) is 14.0. The SMILES string of the molecule is CCOC(=O)c1c(-c2ccccc2)c2ccccc2c2ccccc12. The van der Waals surface area contributed by atoms with Gasteiger partial charge in [0.25, 0.3) is 0 Å². The molecule has 0 aliphatic carbocycles. The summed E-state index contributed by atoms with van der Waals surface area (Å²) in [4.78, 5) is 12.9. The van der Waals surface area contributed by atoms with E-state index in [-0.39, 0.29) is 5.97 Å². The third kappa shape index (κ3) is 2.56. The molecule has 0 N–H and O–H groups in total.